The zero-order valence-corrected chi connectivity index (χ0v) is 8.88. The number of rotatable bonds is 1. The third-order valence-corrected chi connectivity index (χ3v) is 2.90. The van der Waals surface area contributed by atoms with Gasteiger partial charge < -0.3 is 4.40 Å². The van der Waals surface area contributed by atoms with Crippen LogP contribution in [0.3, 0.4) is 0 Å². The van der Waals surface area contributed by atoms with E-state index in [1.165, 1.54) is 23.0 Å². The third kappa shape index (κ3) is 1.68. The zero-order chi connectivity index (χ0) is 10.3. The van der Waals surface area contributed by atoms with E-state index in [9.17, 15) is 8.42 Å². The highest BCUT2D eigenvalue weighted by atomic mass is 35.7. The predicted molar refractivity (Wildman–Crippen MR) is 51.0 cm³/mol. The van der Waals surface area contributed by atoms with Gasteiger partial charge in [0.05, 0.1) is 6.20 Å². The molecule has 0 atom stereocenters. The molecule has 2 aromatic heterocycles. The maximum atomic E-state index is 10.9. The van der Waals surface area contributed by atoms with Crippen molar-refractivity contribution < 1.29 is 8.42 Å². The third-order valence-electron chi connectivity index (χ3n) is 1.54. The van der Waals surface area contributed by atoms with E-state index in [0.29, 0.717) is 5.65 Å². The largest absolute Gasteiger partial charge is 0.301 e. The number of imidazole rings is 1. The molecule has 0 fully saturated rings. The van der Waals surface area contributed by atoms with E-state index in [4.69, 9.17) is 22.3 Å². The van der Waals surface area contributed by atoms with Crippen molar-refractivity contribution in [1.29, 1.82) is 0 Å². The van der Waals surface area contributed by atoms with Gasteiger partial charge in [0.15, 0.2) is 10.7 Å². The van der Waals surface area contributed by atoms with Crippen molar-refractivity contribution in [3.63, 3.8) is 0 Å². The number of halogens is 2. The first-order valence-electron chi connectivity index (χ1n) is 3.42. The molecule has 2 rings (SSSR count). The summed E-state index contributed by atoms with van der Waals surface area (Å²) in [6.07, 6.45) is 3.99. The Labute approximate surface area is 88.7 Å². The molecule has 0 aromatic carbocycles. The van der Waals surface area contributed by atoms with Crippen molar-refractivity contribution >= 4 is 37.0 Å². The quantitative estimate of drug-likeness (QED) is 0.718. The normalized spacial score (nSPS) is 12.1. The van der Waals surface area contributed by atoms with E-state index >= 15 is 0 Å². The number of aromatic nitrogens is 3. The van der Waals surface area contributed by atoms with Crippen LogP contribution in [0.1, 0.15) is 0 Å². The van der Waals surface area contributed by atoms with E-state index in [2.05, 4.69) is 9.97 Å². The van der Waals surface area contributed by atoms with Crippen molar-refractivity contribution in [2.75, 3.05) is 0 Å². The van der Waals surface area contributed by atoms with Crippen LogP contribution in [-0.2, 0) is 9.05 Å². The van der Waals surface area contributed by atoms with Gasteiger partial charge in [0, 0.05) is 23.1 Å². The molecule has 0 saturated carbocycles. The average molecular weight is 252 g/mol. The second-order valence-electron chi connectivity index (χ2n) is 2.49. The van der Waals surface area contributed by atoms with Gasteiger partial charge in [-0.3, -0.25) is 0 Å². The summed E-state index contributed by atoms with van der Waals surface area (Å²) in [4.78, 5) is 7.49. The smallest absolute Gasteiger partial charge is 0.280 e. The molecule has 0 amide bonds. The predicted octanol–water partition coefficient (Wildman–Crippen LogP) is 1.31. The number of fused-ring (bicyclic) bond motifs is 1. The number of hydrogen-bond donors (Lipinski definition) is 0. The van der Waals surface area contributed by atoms with Crippen molar-refractivity contribution in [3.05, 3.63) is 23.7 Å². The highest BCUT2D eigenvalue weighted by Gasteiger charge is 2.12. The molecule has 2 heterocycles. The summed E-state index contributed by atoms with van der Waals surface area (Å²) in [6.45, 7) is 0. The van der Waals surface area contributed by atoms with Gasteiger partial charge in [0.25, 0.3) is 9.05 Å². The second-order valence-corrected chi connectivity index (χ2v) is 5.39. The Balaban J connectivity index is 2.74. The molecule has 0 spiro atoms. The number of nitrogens with zero attached hydrogens (tertiary/aromatic N) is 3. The molecule has 0 radical (unpaired) electrons. The van der Waals surface area contributed by atoms with Gasteiger partial charge in [-0.15, -0.1) is 0 Å². The lowest BCUT2D eigenvalue weighted by Crippen LogP contribution is -1.97. The van der Waals surface area contributed by atoms with Gasteiger partial charge in [0.2, 0.25) is 0 Å². The van der Waals surface area contributed by atoms with Gasteiger partial charge in [-0.05, 0) is 0 Å². The molecule has 0 unspecified atom stereocenters. The van der Waals surface area contributed by atoms with E-state index in [-0.39, 0.29) is 10.2 Å². The summed E-state index contributed by atoms with van der Waals surface area (Å²) in [5, 5.41) is 0.0247. The fraction of sp³-hybridized carbons (Fsp3) is 0. The number of hydrogen-bond acceptors (Lipinski definition) is 4. The van der Waals surface area contributed by atoms with E-state index in [1.54, 1.807) is 0 Å². The van der Waals surface area contributed by atoms with Crippen molar-refractivity contribution in [2.45, 2.75) is 5.03 Å². The van der Waals surface area contributed by atoms with Crippen LogP contribution in [0.5, 0.6) is 0 Å². The summed E-state index contributed by atoms with van der Waals surface area (Å²) in [7, 11) is 1.29. The van der Waals surface area contributed by atoms with Crippen LogP contribution in [-0.4, -0.2) is 22.8 Å². The summed E-state index contributed by atoms with van der Waals surface area (Å²) in [6, 6.07) is 0. The first-order valence-corrected chi connectivity index (χ1v) is 6.10. The maximum Gasteiger partial charge on any atom is 0.280 e. The molecule has 0 aliphatic carbocycles. The van der Waals surface area contributed by atoms with Gasteiger partial charge in [-0.1, -0.05) is 11.6 Å². The summed E-state index contributed by atoms with van der Waals surface area (Å²) in [5.74, 6) is 0. The lowest BCUT2D eigenvalue weighted by molar-refractivity contribution is 0.605. The molecule has 5 nitrogen and oxygen atoms in total. The van der Waals surface area contributed by atoms with E-state index < -0.39 is 9.05 Å². The van der Waals surface area contributed by atoms with Gasteiger partial charge in [-0.25, -0.2) is 18.4 Å². The van der Waals surface area contributed by atoms with E-state index in [0.717, 1.165) is 0 Å². The van der Waals surface area contributed by atoms with Crippen LogP contribution in [0, 0.1) is 0 Å². The molecule has 0 aliphatic heterocycles. The minimum atomic E-state index is -3.82. The van der Waals surface area contributed by atoms with Crippen molar-refractivity contribution in [2.24, 2.45) is 0 Å². The topological polar surface area (TPSA) is 64.3 Å². The second kappa shape index (κ2) is 3.08. The highest BCUT2D eigenvalue weighted by Crippen LogP contribution is 2.14. The Kier molecular flexibility index (Phi) is 2.13. The molecule has 0 bridgehead atoms. The lowest BCUT2D eigenvalue weighted by atomic mass is 10.7. The minimum absolute atomic E-state index is 0.235. The fourth-order valence-corrected chi connectivity index (χ4v) is 1.82. The van der Waals surface area contributed by atoms with Crippen molar-refractivity contribution in [3.8, 4) is 0 Å². The van der Waals surface area contributed by atoms with Gasteiger partial charge in [-0.2, -0.15) is 0 Å². The van der Waals surface area contributed by atoms with Crippen LogP contribution in [0.25, 0.3) is 5.65 Å². The standard InChI is InChI=1S/C6H3Cl2N3O2S/c7-4-2-11-3-6(14(8,12)13)9-1-5(11)10-4/h1-3H. The first kappa shape index (κ1) is 9.70. The molecule has 0 aliphatic rings. The van der Waals surface area contributed by atoms with Gasteiger partial charge >= 0.3 is 0 Å². The minimum Gasteiger partial charge on any atom is -0.301 e. The first-order chi connectivity index (χ1) is 6.47. The Morgan fingerprint density at radius 1 is 1.36 bits per heavy atom. The molecular weight excluding hydrogens is 249 g/mol. The monoisotopic (exact) mass is 251 g/mol. The average Bonchev–Trinajstić information content (AvgIpc) is 2.41. The van der Waals surface area contributed by atoms with Crippen LogP contribution in [0.2, 0.25) is 5.15 Å². The van der Waals surface area contributed by atoms with Crippen LogP contribution in [0.4, 0.5) is 0 Å². The summed E-state index contributed by atoms with van der Waals surface area (Å²) < 4.78 is 23.3. The molecule has 0 saturated heterocycles. The Morgan fingerprint density at radius 3 is 2.71 bits per heavy atom. The van der Waals surface area contributed by atoms with Crippen molar-refractivity contribution in [1.82, 2.24) is 14.4 Å². The fourth-order valence-electron chi connectivity index (χ4n) is 0.975. The lowest BCUT2D eigenvalue weighted by Gasteiger charge is -1.95. The highest BCUT2D eigenvalue weighted by molar-refractivity contribution is 8.13. The summed E-state index contributed by atoms with van der Waals surface area (Å²) >= 11 is 5.61. The Hall–Kier alpha value is -0.850. The maximum absolute atomic E-state index is 10.9. The molecule has 8 heteroatoms. The van der Waals surface area contributed by atoms with E-state index in [1.807, 2.05) is 0 Å². The molecule has 74 valence electrons. The SMILES string of the molecule is O=S(=O)(Cl)c1cn2cc(Cl)nc2cn1. The Morgan fingerprint density at radius 2 is 2.07 bits per heavy atom. The Bertz CT molecular complexity index is 592. The molecular formula is C6H3Cl2N3O2S. The molecule has 14 heavy (non-hydrogen) atoms. The van der Waals surface area contributed by atoms with Crippen LogP contribution >= 0.6 is 22.3 Å². The van der Waals surface area contributed by atoms with Crippen LogP contribution < -0.4 is 0 Å². The van der Waals surface area contributed by atoms with Crippen LogP contribution in [0.15, 0.2) is 23.6 Å². The van der Waals surface area contributed by atoms with Gasteiger partial charge in [0.1, 0.15) is 5.15 Å². The summed E-state index contributed by atoms with van der Waals surface area (Å²) in [5.41, 5.74) is 0.457. The zero-order valence-electron chi connectivity index (χ0n) is 6.55. The molecule has 0 N–H and O–H groups in total. The molecule has 2 aromatic rings.